The lowest BCUT2D eigenvalue weighted by Crippen LogP contribution is -2.01. The molecule has 0 fully saturated rings. The summed E-state index contributed by atoms with van der Waals surface area (Å²) in [6.45, 7) is 2.00. The van der Waals surface area contributed by atoms with Gasteiger partial charge in [-0.15, -0.1) is 0 Å². The number of methoxy groups -OCH3 is 1. The van der Waals surface area contributed by atoms with Crippen molar-refractivity contribution in [2.24, 2.45) is 0 Å². The molecule has 0 amide bonds. The Hall–Kier alpha value is -3.59. The van der Waals surface area contributed by atoms with Crippen LogP contribution >= 0.6 is 0 Å². The SMILES string of the molecule is COc1ccc(Oc2ccc(C(=O)c3ccc(C)cc3)cc2)c2ccccc12. The van der Waals surface area contributed by atoms with Gasteiger partial charge in [0, 0.05) is 21.9 Å². The van der Waals surface area contributed by atoms with Crippen LogP contribution in [-0.2, 0) is 0 Å². The summed E-state index contributed by atoms with van der Waals surface area (Å²) in [4.78, 5) is 12.6. The van der Waals surface area contributed by atoms with Crippen molar-refractivity contribution in [3.05, 3.63) is 102 Å². The maximum Gasteiger partial charge on any atom is 0.193 e. The van der Waals surface area contributed by atoms with E-state index in [9.17, 15) is 4.79 Å². The molecule has 0 radical (unpaired) electrons. The van der Waals surface area contributed by atoms with E-state index in [1.54, 1.807) is 19.2 Å². The van der Waals surface area contributed by atoms with Crippen LogP contribution in [0.2, 0.25) is 0 Å². The van der Waals surface area contributed by atoms with E-state index >= 15 is 0 Å². The summed E-state index contributed by atoms with van der Waals surface area (Å²) in [6.07, 6.45) is 0. The second-order valence-corrected chi connectivity index (χ2v) is 6.63. The van der Waals surface area contributed by atoms with Gasteiger partial charge >= 0.3 is 0 Å². The smallest absolute Gasteiger partial charge is 0.193 e. The van der Waals surface area contributed by atoms with Crippen LogP contribution in [0.5, 0.6) is 17.2 Å². The van der Waals surface area contributed by atoms with E-state index in [4.69, 9.17) is 9.47 Å². The van der Waals surface area contributed by atoms with E-state index < -0.39 is 0 Å². The zero-order chi connectivity index (χ0) is 19.5. The highest BCUT2D eigenvalue weighted by Crippen LogP contribution is 2.35. The van der Waals surface area contributed by atoms with Crippen LogP contribution < -0.4 is 9.47 Å². The monoisotopic (exact) mass is 368 g/mol. The lowest BCUT2D eigenvalue weighted by atomic mass is 10.0. The Balaban J connectivity index is 1.59. The molecule has 0 spiro atoms. The van der Waals surface area contributed by atoms with Gasteiger partial charge in [-0.05, 0) is 43.3 Å². The number of rotatable bonds is 5. The van der Waals surface area contributed by atoms with Crippen molar-refractivity contribution in [1.29, 1.82) is 0 Å². The highest BCUT2D eigenvalue weighted by atomic mass is 16.5. The number of carbonyl (C=O) groups excluding carboxylic acids is 1. The molecular formula is C25H20O3. The molecule has 0 N–H and O–H groups in total. The van der Waals surface area contributed by atoms with Gasteiger partial charge in [0.2, 0.25) is 0 Å². The third kappa shape index (κ3) is 3.47. The van der Waals surface area contributed by atoms with Gasteiger partial charge in [0.1, 0.15) is 17.2 Å². The van der Waals surface area contributed by atoms with E-state index in [1.807, 2.05) is 79.7 Å². The molecule has 4 aromatic carbocycles. The number of aryl methyl sites for hydroxylation is 1. The van der Waals surface area contributed by atoms with Gasteiger partial charge in [0.05, 0.1) is 7.11 Å². The van der Waals surface area contributed by atoms with Crippen LogP contribution in [0.4, 0.5) is 0 Å². The van der Waals surface area contributed by atoms with E-state index in [0.717, 1.165) is 27.8 Å². The van der Waals surface area contributed by atoms with Crippen molar-refractivity contribution in [1.82, 2.24) is 0 Å². The molecule has 4 aromatic rings. The van der Waals surface area contributed by atoms with Crippen molar-refractivity contribution in [2.45, 2.75) is 6.92 Å². The Kier molecular flexibility index (Phi) is 4.81. The maximum absolute atomic E-state index is 12.6. The molecule has 0 unspecified atom stereocenters. The Labute approximate surface area is 164 Å². The largest absolute Gasteiger partial charge is 0.496 e. The van der Waals surface area contributed by atoms with E-state index in [0.29, 0.717) is 16.9 Å². The van der Waals surface area contributed by atoms with E-state index in [2.05, 4.69) is 0 Å². The van der Waals surface area contributed by atoms with Crippen LogP contribution in [0.25, 0.3) is 10.8 Å². The van der Waals surface area contributed by atoms with Gasteiger partial charge in [-0.25, -0.2) is 0 Å². The average molecular weight is 368 g/mol. The molecule has 3 nitrogen and oxygen atoms in total. The summed E-state index contributed by atoms with van der Waals surface area (Å²) >= 11 is 0. The van der Waals surface area contributed by atoms with Crippen LogP contribution in [0, 0.1) is 6.92 Å². The molecular weight excluding hydrogens is 348 g/mol. The summed E-state index contributed by atoms with van der Waals surface area (Å²) in [5.74, 6) is 2.23. The zero-order valence-corrected chi connectivity index (χ0v) is 15.8. The first-order valence-electron chi connectivity index (χ1n) is 9.11. The minimum Gasteiger partial charge on any atom is -0.496 e. The molecule has 0 aliphatic heterocycles. The molecule has 0 aromatic heterocycles. The predicted molar refractivity (Wildman–Crippen MR) is 112 cm³/mol. The average Bonchev–Trinajstić information content (AvgIpc) is 2.74. The molecule has 138 valence electrons. The predicted octanol–water partition coefficient (Wildman–Crippen LogP) is 6.18. The molecule has 28 heavy (non-hydrogen) atoms. The van der Waals surface area contributed by atoms with Crippen molar-refractivity contribution >= 4 is 16.6 Å². The summed E-state index contributed by atoms with van der Waals surface area (Å²) < 4.78 is 11.5. The van der Waals surface area contributed by atoms with Crippen LogP contribution in [-0.4, -0.2) is 12.9 Å². The number of ketones is 1. The Morgan fingerprint density at radius 3 is 1.82 bits per heavy atom. The highest BCUT2D eigenvalue weighted by molar-refractivity contribution is 6.09. The number of hydrogen-bond donors (Lipinski definition) is 0. The van der Waals surface area contributed by atoms with Gasteiger partial charge in [-0.3, -0.25) is 4.79 Å². The molecule has 4 rings (SSSR count). The summed E-state index contributed by atoms with van der Waals surface area (Å²) in [6, 6.07) is 26.6. The van der Waals surface area contributed by atoms with E-state index in [1.165, 1.54) is 0 Å². The van der Waals surface area contributed by atoms with Crippen molar-refractivity contribution in [3.8, 4) is 17.2 Å². The number of hydrogen-bond acceptors (Lipinski definition) is 3. The zero-order valence-electron chi connectivity index (χ0n) is 15.8. The van der Waals surface area contributed by atoms with Gasteiger partial charge < -0.3 is 9.47 Å². The minimum absolute atomic E-state index is 0.00134. The third-order valence-electron chi connectivity index (χ3n) is 4.72. The van der Waals surface area contributed by atoms with Gasteiger partial charge in [0.25, 0.3) is 0 Å². The fourth-order valence-electron chi connectivity index (χ4n) is 3.18. The molecule has 0 heterocycles. The number of carbonyl (C=O) groups is 1. The molecule has 3 heteroatoms. The normalized spacial score (nSPS) is 10.6. The van der Waals surface area contributed by atoms with Gasteiger partial charge in [-0.1, -0.05) is 54.1 Å². The lowest BCUT2D eigenvalue weighted by molar-refractivity contribution is 0.103. The molecule has 0 atom stereocenters. The quantitative estimate of drug-likeness (QED) is 0.395. The molecule has 0 bridgehead atoms. The second kappa shape index (κ2) is 7.57. The first-order valence-corrected chi connectivity index (χ1v) is 9.11. The fourth-order valence-corrected chi connectivity index (χ4v) is 3.18. The molecule has 0 saturated heterocycles. The Morgan fingerprint density at radius 2 is 1.21 bits per heavy atom. The summed E-state index contributed by atoms with van der Waals surface area (Å²) in [5, 5.41) is 1.97. The first-order chi connectivity index (χ1) is 13.7. The topological polar surface area (TPSA) is 35.5 Å². The molecule has 0 aliphatic carbocycles. The number of benzene rings is 4. The summed E-state index contributed by atoms with van der Waals surface area (Å²) in [5.41, 5.74) is 2.45. The lowest BCUT2D eigenvalue weighted by Gasteiger charge is -2.12. The first kappa shape index (κ1) is 17.8. The number of ether oxygens (including phenoxy) is 2. The number of fused-ring (bicyclic) bond motifs is 1. The van der Waals surface area contributed by atoms with Crippen molar-refractivity contribution in [3.63, 3.8) is 0 Å². The fraction of sp³-hybridized carbons (Fsp3) is 0.0800. The van der Waals surface area contributed by atoms with E-state index in [-0.39, 0.29) is 5.78 Å². The van der Waals surface area contributed by atoms with Crippen LogP contribution in [0.1, 0.15) is 21.5 Å². The third-order valence-corrected chi connectivity index (χ3v) is 4.72. The standard InChI is InChI=1S/C25H20O3/c1-17-7-9-18(10-8-17)25(26)19-11-13-20(14-12-19)28-24-16-15-23(27-2)21-5-3-4-6-22(21)24/h3-16H,1-2H3. The van der Waals surface area contributed by atoms with Crippen molar-refractivity contribution in [2.75, 3.05) is 7.11 Å². The maximum atomic E-state index is 12.6. The minimum atomic E-state index is 0.00134. The summed E-state index contributed by atoms with van der Waals surface area (Å²) in [7, 11) is 1.66. The molecule has 0 aliphatic rings. The second-order valence-electron chi connectivity index (χ2n) is 6.63. The van der Waals surface area contributed by atoms with Crippen LogP contribution in [0.15, 0.2) is 84.9 Å². The highest BCUT2D eigenvalue weighted by Gasteiger charge is 2.11. The Morgan fingerprint density at radius 1 is 0.679 bits per heavy atom. The molecule has 0 saturated carbocycles. The van der Waals surface area contributed by atoms with Gasteiger partial charge in [0.15, 0.2) is 5.78 Å². The van der Waals surface area contributed by atoms with Gasteiger partial charge in [-0.2, -0.15) is 0 Å². The Bertz CT molecular complexity index is 1130. The van der Waals surface area contributed by atoms with Crippen molar-refractivity contribution < 1.29 is 14.3 Å². The van der Waals surface area contributed by atoms with Crippen LogP contribution in [0.3, 0.4) is 0 Å².